The Morgan fingerprint density at radius 2 is 2.30 bits per heavy atom. The minimum atomic E-state index is -0.272. The van der Waals surface area contributed by atoms with E-state index < -0.39 is 0 Å². The van der Waals surface area contributed by atoms with Crippen molar-refractivity contribution in [3.63, 3.8) is 0 Å². The van der Waals surface area contributed by atoms with Crippen molar-refractivity contribution in [2.24, 2.45) is 0 Å². The van der Waals surface area contributed by atoms with Gasteiger partial charge in [-0.1, -0.05) is 12.1 Å². The molecule has 3 rings (SSSR count). The number of hydrogen-bond acceptors (Lipinski definition) is 4. The number of benzene rings is 1. The molecule has 1 amide bonds. The zero-order valence-electron chi connectivity index (χ0n) is 10.7. The molecule has 0 unspecified atom stereocenters. The van der Waals surface area contributed by atoms with Gasteiger partial charge in [0.05, 0.1) is 0 Å². The highest BCUT2D eigenvalue weighted by atomic mass is 16.2. The molecule has 3 aromatic rings. The van der Waals surface area contributed by atoms with Gasteiger partial charge < -0.3 is 5.32 Å². The van der Waals surface area contributed by atoms with Crippen LogP contribution in [-0.4, -0.2) is 30.8 Å². The van der Waals surface area contributed by atoms with E-state index in [-0.39, 0.29) is 6.03 Å². The molecule has 0 saturated heterocycles. The van der Waals surface area contributed by atoms with Crippen LogP contribution in [0.25, 0.3) is 11.4 Å². The average Bonchev–Trinajstić information content (AvgIpc) is 3.10. The lowest BCUT2D eigenvalue weighted by Crippen LogP contribution is -2.17. The van der Waals surface area contributed by atoms with Crippen molar-refractivity contribution in [2.45, 2.75) is 6.92 Å². The Balaban J connectivity index is 1.83. The molecule has 2 aromatic heterocycles. The van der Waals surface area contributed by atoms with Gasteiger partial charge in [-0.25, -0.2) is 14.8 Å². The number of nitrogens with zero attached hydrogens (tertiary/aromatic N) is 4. The molecule has 0 fully saturated rings. The van der Waals surface area contributed by atoms with Crippen LogP contribution >= 0.6 is 0 Å². The zero-order valence-corrected chi connectivity index (χ0v) is 10.7. The van der Waals surface area contributed by atoms with Gasteiger partial charge in [-0.3, -0.25) is 9.67 Å². The molecule has 0 saturated carbocycles. The van der Waals surface area contributed by atoms with Gasteiger partial charge in [0, 0.05) is 23.6 Å². The van der Waals surface area contributed by atoms with Crippen LogP contribution in [0.1, 0.15) is 5.82 Å². The van der Waals surface area contributed by atoms with Gasteiger partial charge in [-0.15, -0.1) is 0 Å². The summed E-state index contributed by atoms with van der Waals surface area (Å²) in [6.07, 6.45) is 4.57. The standard InChI is InChI=1S/C13H12N6O/c1-9-15-12(18-17-9)10-3-2-4-11(7-10)16-13(20)19-6-5-14-8-19/h2-8H,1H3,(H,16,20)(H,15,17,18). The Labute approximate surface area is 114 Å². The van der Waals surface area contributed by atoms with Crippen LogP contribution in [0, 0.1) is 6.92 Å². The van der Waals surface area contributed by atoms with Gasteiger partial charge >= 0.3 is 6.03 Å². The first kappa shape index (κ1) is 12.1. The first-order valence-corrected chi connectivity index (χ1v) is 6.01. The fourth-order valence-electron chi connectivity index (χ4n) is 1.78. The maximum atomic E-state index is 11.9. The maximum Gasteiger partial charge on any atom is 0.331 e. The number of carbonyl (C=O) groups excluding carboxylic acids is 1. The molecule has 2 heterocycles. The second-order valence-electron chi connectivity index (χ2n) is 4.23. The predicted octanol–water partition coefficient (Wildman–Crippen LogP) is 2.06. The number of aromatic amines is 1. The van der Waals surface area contributed by atoms with Gasteiger partial charge in [0.2, 0.25) is 0 Å². The molecule has 1 aromatic carbocycles. The van der Waals surface area contributed by atoms with E-state index in [1.165, 1.54) is 10.9 Å². The van der Waals surface area contributed by atoms with Crippen LogP contribution < -0.4 is 5.32 Å². The Morgan fingerprint density at radius 3 is 3.00 bits per heavy atom. The summed E-state index contributed by atoms with van der Waals surface area (Å²) in [4.78, 5) is 20.0. The average molecular weight is 268 g/mol. The van der Waals surface area contributed by atoms with Crippen molar-refractivity contribution in [1.29, 1.82) is 0 Å². The quantitative estimate of drug-likeness (QED) is 0.744. The van der Waals surface area contributed by atoms with E-state index >= 15 is 0 Å². The maximum absolute atomic E-state index is 11.9. The number of aryl methyl sites for hydroxylation is 1. The minimum Gasteiger partial charge on any atom is -0.307 e. The lowest BCUT2D eigenvalue weighted by Gasteiger charge is -2.06. The molecule has 0 aliphatic carbocycles. The van der Waals surface area contributed by atoms with Gasteiger partial charge in [0.15, 0.2) is 5.82 Å². The second-order valence-corrected chi connectivity index (χ2v) is 4.23. The summed E-state index contributed by atoms with van der Waals surface area (Å²) in [6.45, 7) is 1.83. The fraction of sp³-hybridized carbons (Fsp3) is 0.0769. The lowest BCUT2D eigenvalue weighted by molar-refractivity contribution is 0.253. The molecule has 0 aliphatic heterocycles. The van der Waals surface area contributed by atoms with E-state index in [4.69, 9.17) is 0 Å². The fourth-order valence-corrected chi connectivity index (χ4v) is 1.78. The third kappa shape index (κ3) is 2.41. The zero-order chi connectivity index (χ0) is 13.9. The highest BCUT2D eigenvalue weighted by molar-refractivity contribution is 5.91. The van der Waals surface area contributed by atoms with Gasteiger partial charge in [-0.2, -0.15) is 5.10 Å². The van der Waals surface area contributed by atoms with E-state index in [2.05, 4.69) is 25.5 Å². The van der Waals surface area contributed by atoms with Crippen molar-refractivity contribution < 1.29 is 4.79 Å². The number of rotatable bonds is 2. The largest absolute Gasteiger partial charge is 0.331 e. The predicted molar refractivity (Wildman–Crippen MR) is 73.2 cm³/mol. The van der Waals surface area contributed by atoms with Crippen LogP contribution in [0.15, 0.2) is 43.0 Å². The Hall–Kier alpha value is -2.96. The molecule has 7 heteroatoms. The monoisotopic (exact) mass is 268 g/mol. The van der Waals surface area contributed by atoms with Crippen LogP contribution in [0.3, 0.4) is 0 Å². The number of amides is 1. The number of hydrogen-bond donors (Lipinski definition) is 2. The van der Waals surface area contributed by atoms with E-state index in [1.807, 2.05) is 25.1 Å². The summed E-state index contributed by atoms with van der Waals surface area (Å²) < 4.78 is 1.36. The molecular weight excluding hydrogens is 256 g/mol. The van der Waals surface area contributed by atoms with E-state index in [9.17, 15) is 4.79 Å². The summed E-state index contributed by atoms with van der Waals surface area (Å²) in [6, 6.07) is 7.07. The molecule has 20 heavy (non-hydrogen) atoms. The van der Waals surface area contributed by atoms with Gasteiger partial charge in [0.1, 0.15) is 12.2 Å². The lowest BCUT2D eigenvalue weighted by atomic mass is 10.2. The molecule has 0 bridgehead atoms. The van der Waals surface area contributed by atoms with Crippen LogP contribution in [0.5, 0.6) is 0 Å². The molecule has 0 aliphatic rings. The number of imidazole rings is 1. The van der Waals surface area contributed by atoms with E-state index in [1.54, 1.807) is 18.5 Å². The Morgan fingerprint density at radius 1 is 1.40 bits per heavy atom. The first-order valence-electron chi connectivity index (χ1n) is 6.01. The molecule has 100 valence electrons. The normalized spacial score (nSPS) is 10.4. The number of nitrogens with one attached hydrogen (secondary N) is 2. The number of carbonyl (C=O) groups is 1. The number of anilines is 1. The third-order valence-electron chi connectivity index (χ3n) is 2.71. The van der Waals surface area contributed by atoms with Crippen LogP contribution in [-0.2, 0) is 0 Å². The Kier molecular flexibility index (Phi) is 3.00. The smallest absolute Gasteiger partial charge is 0.307 e. The van der Waals surface area contributed by atoms with Gasteiger partial charge in [-0.05, 0) is 19.1 Å². The van der Waals surface area contributed by atoms with Crippen LogP contribution in [0.4, 0.5) is 10.5 Å². The number of H-pyrrole nitrogens is 1. The van der Waals surface area contributed by atoms with Crippen molar-refractivity contribution >= 4 is 11.7 Å². The van der Waals surface area contributed by atoms with Crippen molar-refractivity contribution in [1.82, 2.24) is 24.7 Å². The van der Waals surface area contributed by atoms with Gasteiger partial charge in [0.25, 0.3) is 0 Å². The second kappa shape index (κ2) is 4.96. The van der Waals surface area contributed by atoms with E-state index in [0.717, 1.165) is 11.4 Å². The third-order valence-corrected chi connectivity index (χ3v) is 2.71. The summed E-state index contributed by atoms with van der Waals surface area (Å²) in [5, 5.41) is 9.66. The topological polar surface area (TPSA) is 88.5 Å². The highest BCUT2D eigenvalue weighted by Gasteiger charge is 2.07. The summed E-state index contributed by atoms with van der Waals surface area (Å²) in [7, 11) is 0. The molecule has 7 nitrogen and oxygen atoms in total. The summed E-state index contributed by atoms with van der Waals surface area (Å²) in [5.74, 6) is 1.34. The summed E-state index contributed by atoms with van der Waals surface area (Å²) >= 11 is 0. The molecular formula is C13H12N6O. The minimum absolute atomic E-state index is 0.272. The molecule has 0 atom stereocenters. The van der Waals surface area contributed by atoms with E-state index in [0.29, 0.717) is 11.5 Å². The summed E-state index contributed by atoms with van der Waals surface area (Å²) in [5.41, 5.74) is 1.50. The molecule has 2 N–H and O–H groups in total. The SMILES string of the molecule is Cc1nc(-c2cccc(NC(=O)n3ccnc3)c2)n[nH]1. The number of aromatic nitrogens is 5. The van der Waals surface area contributed by atoms with Crippen LogP contribution in [0.2, 0.25) is 0 Å². The van der Waals surface area contributed by atoms with Crippen molar-refractivity contribution in [3.05, 3.63) is 48.8 Å². The van der Waals surface area contributed by atoms with Crippen molar-refractivity contribution in [2.75, 3.05) is 5.32 Å². The van der Waals surface area contributed by atoms with Crippen molar-refractivity contribution in [3.8, 4) is 11.4 Å². The highest BCUT2D eigenvalue weighted by Crippen LogP contribution is 2.19. The first-order chi connectivity index (χ1) is 9.72. The Bertz CT molecular complexity index is 731. The molecule has 0 spiro atoms. The molecule has 0 radical (unpaired) electrons.